The number of benzene rings is 6. The Morgan fingerprint density at radius 3 is 1.21 bits per heavy atom. The van der Waals surface area contributed by atoms with Crippen molar-refractivity contribution >= 4 is 94.3 Å². The smallest absolute Gasteiger partial charge is 0.331 e. The van der Waals surface area contributed by atoms with Crippen LogP contribution < -0.4 is 0 Å². The molecule has 6 aromatic carbocycles. The summed E-state index contributed by atoms with van der Waals surface area (Å²) in [5.41, 5.74) is 9.21. The maximum absolute atomic E-state index is 16.3. The van der Waals surface area contributed by atoms with E-state index in [1.54, 1.807) is 0 Å². The van der Waals surface area contributed by atoms with Crippen molar-refractivity contribution in [3.8, 4) is 0 Å². The molecule has 9 heteroatoms. The Labute approximate surface area is 476 Å². The number of hydrogen-bond acceptors (Lipinski definition) is 7. The Hall–Kier alpha value is -6.61. The van der Waals surface area contributed by atoms with Gasteiger partial charge in [-0.15, -0.1) is 0 Å². The quantitative estimate of drug-likeness (QED) is 0.0259. The predicted molar refractivity (Wildman–Crippen MR) is 336 cm³/mol. The Balaban J connectivity index is 1.40. The van der Waals surface area contributed by atoms with Gasteiger partial charge in [-0.3, -0.25) is 4.79 Å². The van der Waals surface area contributed by atoms with E-state index in [-0.39, 0.29) is 28.4 Å². The number of unbranched alkanes of at least 4 members (excludes halogenated alkanes) is 2. The molecule has 8 rings (SSSR count). The number of aromatic nitrogens is 2. The number of hydrogen-bond donors (Lipinski definition) is 0. The van der Waals surface area contributed by atoms with Crippen LogP contribution in [-0.4, -0.2) is 38.3 Å². The maximum Gasteiger partial charge on any atom is 0.331 e. The highest BCUT2D eigenvalue weighted by Crippen LogP contribution is 2.43. The Morgan fingerprint density at radius 2 is 0.875 bits per heavy atom. The molecule has 9 nitrogen and oxygen atoms in total. The van der Waals surface area contributed by atoms with Crippen molar-refractivity contribution in [1.29, 1.82) is 0 Å². The highest BCUT2D eigenvalue weighted by atomic mass is 16.7. The van der Waals surface area contributed by atoms with Gasteiger partial charge in [0.05, 0.1) is 22.5 Å². The van der Waals surface area contributed by atoms with E-state index in [0.29, 0.717) is 35.8 Å². The third-order valence-electron chi connectivity index (χ3n) is 16.4. The number of carbonyl (C=O) groups excluding carboxylic acids is 3. The molecule has 424 valence electrons. The van der Waals surface area contributed by atoms with Crippen LogP contribution in [0.1, 0.15) is 201 Å². The summed E-state index contributed by atoms with van der Waals surface area (Å²) in [5.74, 6) is 0.523. The van der Waals surface area contributed by atoms with Crippen molar-refractivity contribution in [2.24, 2.45) is 44.8 Å². The van der Waals surface area contributed by atoms with Gasteiger partial charge in [0, 0.05) is 92.5 Å². The van der Waals surface area contributed by atoms with Crippen LogP contribution in [0.15, 0.2) is 107 Å². The van der Waals surface area contributed by atoms with Gasteiger partial charge in [0.2, 0.25) is 0 Å². The first-order valence-corrected chi connectivity index (χ1v) is 30.1. The fourth-order valence-electron chi connectivity index (χ4n) is 13.1. The second-order valence-electron chi connectivity index (χ2n) is 26.0. The lowest BCUT2D eigenvalue weighted by Crippen LogP contribution is -2.15. The van der Waals surface area contributed by atoms with E-state index in [2.05, 4.69) is 200 Å². The predicted octanol–water partition coefficient (Wildman–Crippen LogP) is 19.3. The number of carbonyl (C=O) groups is 3. The lowest BCUT2D eigenvalue weighted by Gasteiger charge is -2.23. The van der Waals surface area contributed by atoms with Gasteiger partial charge in [-0.1, -0.05) is 193 Å². The average molecular weight is 1080 g/mol. The van der Waals surface area contributed by atoms with E-state index < -0.39 is 11.9 Å². The van der Waals surface area contributed by atoms with Gasteiger partial charge < -0.3 is 18.8 Å². The van der Waals surface area contributed by atoms with E-state index in [0.717, 1.165) is 165 Å². The number of ketones is 1. The van der Waals surface area contributed by atoms with Crippen molar-refractivity contribution in [3.05, 3.63) is 119 Å². The molecule has 0 aliphatic carbocycles. The van der Waals surface area contributed by atoms with Crippen LogP contribution in [0.4, 0.5) is 0 Å². The monoisotopic (exact) mass is 1080 g/mol. The maximum atomic E-state index is 16.3. The fraction of sp³-hybridized carbons (Fsp3) is 0.479. The van der Waals surface area contributed by atoms with Crippen LogP contribution in [-0.2, 0) is 32.4 Å². The van der Waals surface area contributed by atoms with Gasteiger partial charge in [-0.2, -0.15) is 0 Å². The summed E-state index contributed by atoms with van der Waals surface area (Å²) in [5, 5.41) is 17.0. The second-order valence-corrected chi connectivity index (χ2v) is 26.0. The van der Waals surface area contributed by atoms with Crippen molar-refractivity contribution in [2.45, 2.75) is 187 Å². The van der Waals surface area contributed by atoms with Gasteiger partial charge in [-0.25, -0.2) is 9.59 Å². The zero-order valence-electron chi connectivity index (χ0n) is 50.8. The van der Waals surface area contributed by atoms with Gasteiger partial charge >= 0.3 is 11.9 Å². The minimum Gasteiger partial charge on any atom is -0.340 e. The average Bonchev–Trinajstić information content (AvgIpc) is 4.13. The van der Waals surface area contributed by atoms with Gasteiger partial charge in [0.15, 0.2) is 5.78 Å². The van der Waals surface area contributed by atoms with Crippen molar-refractivity contribution in [1.82, 2.24) is 9.13 Å². The van der Waals surface area contributed by atoms with E-state index in [1.807, 2.05) is 0 Å². The molecule has 80 heavy (non-hydrogen) atoms. The largest absolute Gasteiger partial charge is 0.340 e. The molecule has 0 fully saturated rings. The van der Waals surface area contributed by atoms with Crippen LogP contribution in [0.3, 0.4) is 0 Å². The third kappa shape index (κ3) is 13.6. The highest BCUT2D eigenvalue weighted by molar-refractivity contribution is 6.31. The first-order valence-electron chi connectivity index (χ1n) is 30.1. The zero-order chi connectivity index (χ0) is 57.6. The molecule has 2 heterocycles. The topological polar surface area (TPSA) is 104 Å². The van der Waals surface area contributed by atoms with Crippen LogP contribution in [0.2, 0.25) is 0 Å². The highest BCUT2D eigenvalue weighted by Gasteiger charge is 2.28. The van der Waals surface area contributed by atoms with Gasteiger partial charge in [-0.05, 0) is 120 Å². The minimum atomic E-state index is -0.456. The molecule has 0 spiro atoms. The SMILES string of the molecule is CCCCC(CC)Cn1c2ccc(C(CC(C)CC(C)(C)C)=NOC(C)=O)cc2c2cc(C(=O)c3cc4c5cc(C(CC(C)CC(C)(C)C)=NOC(C)=O)ccc5n(CC(CC)CCCC)c4c4ccccc34)c3ccccc3c21. The summed E-state index contributed by atoms with van der Waals surface area (Å²) in [7, 11) is 0. The summed E-state index contributed by atoms with van der Waals surface area (Å²) in [6.07, 6.45) is 12.2. The molecule has 0 amide bonds. The molecule has 4 unspecified atom stereocenters. The molecule has 0 saturated heterocycles. The fourth-order valence-corrected chi connectivity index (χ4v) is 13.1. The summed E-state index contributed by atoms with van der Waals surface area (Å²) in [6, 6.07) is 34.4. The Morgan fingerprint density at radius 1 is 0.500 bits per heavy atom. The first kappa shape index (κ1) is 59.5. The molecule has 0 aliphatic rings. The van der Waals surface area contributed by atoms with E-state index in [1.165, 1.54) is 13.8 Å². The van der Waals surface area contributed by atoms with E-state index in [9.17, 15) is 9.59 Å². The molecule has 0 saturated carbocycles. The van der Waals surface area contributed by atoms with Crippen molar-refractivity contribution < 1.29 is 24.1 Å². The first-order chi connectivity index (χ1) is 38.1. The Kier molecular flexibility index (Phi) is 18.9. The lowest BCUT2D eigenvalue weighted by atomic mass is 9.82. The molecule has 2 aromatic heterocycles. The molecule has 0 aliphatic heterocycles. The number of oxime groups is 2. The van der Waals surface area contributed by atoms with Crippen LogP contribution in [0.5, 0.6) is 0 Å². The minimum absolute atomic E-state index is 0.0414. The zero-order valence-corrected chi connectivity index (χ0v) is 50.8. The van der Waals surface area contributed by atoms with Crippen molar-refractivity contribution in [3.63, 3.8) is 0 Å². The molecule has 4 atom stereocenters. The number of fused-ring (bicyclic) bond motifs is 10. The molecular weight excluding hydrogens is 989 g/mol. The standard InChI is InChI=1S/C71H90N4O5/c1-15-19-25-49(17-3)43-74-65-33-31-51(63(72-79-47(7)76)35-45(5)41-70(9,10)11)37-57(65)59-39-61(53-27-21-23-29-55(53)67(59)74)69(78)62-40-60-58-38-52(64(73-80-48(8)77)36-46(6)42-71(12,13)14)32-34-66(58)75(44-50(18-4)26-20-16-2)68(60)56-30-24-22-28-54(56)62/h21-24,27-34,37-40,45-46,49-50H,15-20,25-26,35-36,41-44H2,1-14H3. The van der Waals surface area contributed by atoms with E-state index >= 15 is 4.79 Å². The van der Waals surface area contributed by atoms with Crippen molar-refractivity contribution in [2.75, 3.05) is 0 Å². The lowest BCUT2D eigenvalue weighted by molar-refractivity contribution is -0.141. The van der Waals surface area contributed by atoms with Gasteiger partial charge in [0.25, 0.3) is 0 Å². The normalized spacial score (nSPS) is 14.4. The number of nitrogens with zero attached hydrogens (tertiary/aromatic N) is 4. The van der Waals surface area contributed by atoms with Gasteiger partial charge in [0.1, 0.15) is 0 Å². The molecule has 0 radical (unpaired) electrons. The molecule has 0 bridgehead atoms. The Bertz CT molecular complexity index is 3380. The third-order valence-corrected chi connectivity index (χ3v) is 16.4. The number of rotatable bonds is 24. The molecule has 0 N–H and O–H groups in total. The summed E-state index contributed by atoms with van der Waals surface area (Å²) < 4.78 is 5.03. The van der Waals surface area contributed by atoms with Crippen LogP contribution in [0, 0.1) is 34.5 Å². The van der Waals surface area contributed by atoms with E-state index in [4.69, 9.17) is 9.68 Å². The second kappa shape index (κ2) is 25.5. The summed E-state index contributed by atoms with van der Waals surface area (Å²) >= 11 is 0. The molecule has 8 aromatic rings. The summed E-state index contributed by atoms with van der Waals surface area (Å²) in [4.78, 5) is 51.8. The van der Waals surface area contributed by atoms with Crippen LogP contribution >= 0.6 is 0 Å². The molecular formula is C71H90N4O5. The summed E-state index contributed by atoms with van der Waals surface area (Å²) in [6.45, 7) is 31.6. The van der Waals surface area contributed by atoms with Crippen LogP contribution in [0.25, 0.3) is 65.2 Å².